The third-order valence-electron chi connectivity index (χ3n) is 3.32. The maximum atomic E-state index is 11.8. The second-order valence-electron chi connectivity index (χ2n) is 5.71. The molecule has 0 saturated heterocycles. The molecule has 0 aliphatic heterocycles. The molecule has 31 heavy (non-hydrogen) atoms. The van der Waals surface area contributed by atoms with Crippen molar-refractivity contribution in [3.8, 4) is 0 Å². The number of hydrogen-bond acceptors (Lipinski definition) is 8. The predicted molar refractivity (Wildman–Crippen MR) is 112 cm³/mol. The Bertz CT molecular complexity index is 1230. The molecule has 0 aliphatic carbocycles. The lowest BCUT2D eigenvalue weighted by atomic mass is 10.2. The Labute approximate surface area is 178 Å². The topological polar surface area (TPSA) is 141 Å². The lowest BCUT2D eigenvalue weighted by Crippen LogP contribution is -2.11. The molecule has 162 valence electrons. The van der Waals surface area contributed by atoms with E-state index in [4.69, 9.17) is 0 Å². The standard InChI is InChI=1S/C20H16O9S2/c21-18(28-20(31(25,26)27)15-17-9-5-2-6-10-17)11-12-19(22)29-30(23,24)14-13-16-7-3-1-4-8-16/h1-15H,(H,25,26,27)/b12-11-,14-13?,20-15?. The predicted octanol–water partition coefficient (Wildman–Crippen LogP) is 2.52. The molecule has 11 heteroatoms. The molecule has 0 unspecified atom stereocenters. The SMILES string of the molecule is O=C(/C=C\C(=O)OS(=O)(=O)C=Cc1ccccc1)OC(=Cc1ccccc1)S(=O)(=O)O. The van der Waals surface area contributed by atoms with Crippen molar-refractivity contribution in [2.75, 3.05) is 0 Å². The fourth-order valence-electron chi connectivity index (χ4n) is 2.01. The lowest BCUT2D eigenvalue weighted by molar-refractivity contribution is -0.134. The van der Waals surface area contributed by atoms with E-state index in [9.17, 15) is 31.0 Å². The van der Waals surface area contributed by atoms with E-state index in [1.54, 1.807) is 48.5 Å². The fourth-order valence-corrected chi connectivity index (χ4v) is 3.14. The van der Waals surface area contributed by atoms with Gasteiger partial charge in [0.05, 0.1) is 5.41 Å². The molecule has 2 aromatic rings. The molecule has 0 atom stereocenters. The van der Waals surface area contributed by atoms with Gasteiger partial charge >= 0.3 is 32.2 Å². The van der Waals surface area contributed by atoms with Gasteiger partial charge in [0, 0.05) is 18.2 Å². The quantitative estimate of drug-likeness (QED) is 0.205. The van der Waals surface area contributed by atoms with E-state index < -0.39 is 37.3 Å². The molecule has 2 rings (SSSR count). The first-order valence-corrected chi connectivity index (χ1v) is 11.3. The van der Waals surface area contributed by atoms with Gasteiger partial charge in [-0.25, -0.2) is 9.59 Å². The number of esters is 1. The molecule has 0 aliphatic rings. The van der Waals surface area contributed by atoms with Gasteiger partial charge in [-0.2, -0.15) is 16.8 Å². The molecule has 9 nitrogen and oxygen atoms in total. The summed E-state index contributed by atoms with van der Waals surface area (Å²) in [5.41, 5.74) is 0.854. The van der Waals surface area contributed by atoms with Crippen LogP contribution in [0.3, 0.4) is 0 Å². The summed E-state index contributed by atoms with van der Waals surface area (Å²) >= 11 is 0. The molecule has 0 spiro atoms. The van der Waals surface area contributed by atoms with Gasteiger partial charge in [0.15, 0.2) is 0 Å². The molecule has 0 aromatic heterocycles. The Hall–Kier alpha value is -3.54. The number of benzene rings is 2. The van der Waals surface area contributed by atoms with Gasteiger partial charge in [0.2, 0.25) is 5.09 Å². The van der Waals surface area contributed by atoms with Crippen LogP contribution >= 0.6 is 0 Å². The minimum atomic E-state index is -4.90. The van der Waals surface area contributed by atoms with E-state index in [2.05, 4.69) is 8.92 Å². The summed E-state index contributed by atoms with van der Waals surface area (Å²) in [6.07, 6.45) is 2.97. The molecule has 0 amide bonds. The highest BCUT2D eigenvalue weighted by Crippen LogP contribution is 2.13. The molecule has 1 N–H and O–H groups in total. The number of hydrogen-bond donors (Lipinski definition) is 1. The number of carbonyl (C=O) groups excluding carboxylic acids is 2. The van der Waals surface area contributed by atoms with Gasteiger partial charge in [0.25, 0.3) is 0 Å². The minimum absolute atomic E-state index is 0.308. The van der Waals surface area contributed by atoms with Crippen molar-refractivity contribution in [2.24, 2.45) is 0 Å². The summed E-state index contributed by atoms with van der Waals surface area (Å²) in [4.78, 5) is 23.4. The summed E-state index contributed by atoms with van der Waals surface area (Å²) in [5, 5.41) is -0.425. The molecular weight excluding hydrogens is 448 g/mol. The van der Waals surface area contributed by atoms with Gasteiger partial charge in [-0.15, -0.1) is 0 Å². The highest BCUT2D eigenvalue weighted by molar-refractivity contribution is 7.90. The van der Waals surface area contributed by atoms with Crippen LogP contribution in [0, 0.1) is 0 Å². The zero-order chi connectivity index (χ0) is 22.9. The van der Waals surface area contributed by atoms with Gasteiger partial charge in [0.1, 0.15) is 0 Å². The summed E-state index contributed by atoms with van der Waals surface area (Å²) in [6.45, 7) is 0. The zero-order valence-electron chi connectivity index (χ0n) is 15.7. The summed E-state index contributed by atoms with van der Waals surface area (Å²) in [5.74, 6) is -2.79. The van der Waals surface area contributed by atoms with Gasteiger partial charge in [-0.1, -0.05) is 60.7 Å². The Morgan fingerprint density at radius 2 is 1.29 bits per heavy atom. The van der Waals surface area contributed by atoms with E-state index >= 15 is 0 Å². The fraction of sp³-hybridized carbons (Fsp3) is 0. The third kappa shape index (κ3) is 8.78. The smallest absolute Gasteiger partial charge is 0.347 e. The average Bonchev–Trinajstić information content (AvgIpc) is 2.71. The second-order valence-corrected chi connectivity index (χ2v) is 8.49. The maximum absolute atomic E-state index is 11.8. The molecule has 0 radical (unpaired) electrons. The van der Waals surface area contributed by atoms with Crippen LogP contribution in [0.4, 0.5) is 0 Å². The van der Waals surface area contributed by atoms with E-state index in [1.165, 1.54) is 18.2 Å². The van der Waals surface area contributed by atoms with Crippen molar-refractivity contribution >= 4 is 44.3 Å². The lowest BCUT2D eigenvalue weighted by Gasteiger charge is -2.04. The Morgan fingerprint density at radius 1 is 0.774 bits per heavy atom. The van der Waals surface area contributed by atoms with Crippen LogP contribution < -0.4 is 0 Å². The summed E-state index contributed by atoms with van der Waals surface area (Å²) in [7, 11) is -9.29. The monoisotopic (exact) mass is 464 g/mol. The van der Waals surface area contributed by atoms with Crippen LogP contribution in [0.1, 0.15) is 11.1 Å². The van der Waals surface area contributed by atoms with Crippen molar-refractivity contribution in [1.29, 1.82) is 0 Å². The minimum Gasteiger partial charge on any atom is -0.408 e. The zero-order valence-corrected chi connectivity index (χ0v) is 17.3. The molecule has 2 aromatic carbocycles. The largest absolute Gasteiger partial charge is 0.408 e. The van der Waals surface area contributed by atoms with E-state index in [0.29, 0.717) is 28.7 Å². The van der Waals surface area contributed by atoms with Gasteiger partial charge in [-0.05, 0) is 17.2 Å². The van der Waals surface area contributed by atoms with E-state index in [1.807, 2.05) is 0 Å². The highest BCUT2D eigenvalue weighted by Gasteiger charge is 2.19. The summed E-state index contributed by atoms with van der Waals surface area (Å²) in [6, 6.07) is 16.1. The van der Waals surface area contributed by atoms with E-state index in [0.717, 1.165) is 6.08 Å². The van der Waals surface area contributed by atoms with Crippen molar-refractivity contribution in [1.82, 2.24) is 0 Å². The van der Waals surface area contributed by atoms with Gasteiger partial charge < -0.3 is 8.92 Å². The number of rotatable bonds is 8. The first kappa shape index (κ1) is 23.7. The molecule has 0 fully saturated rings. The second kappa shape index (κ2) is 10.5. The van der Waals surface area contributed by atoms with Crippen molar-refractivity contribution in [2.45, 2.75) is 0 Å². The highest BCUT2D eigenvalue weighted by atomic mass is 32.2. The third-order valence-corrected chi connectivity index (χ3v) is 4.90. The van der Waals surface area contributed by atoms with Crippen molar-refractivity contribution in [3.63, 3.8) is 0 Å². The Balaban J connectivity index is 2.03. The Morgan fingerprint density at radius 3 is 1.84 bits per heavy atom. The number of carbonyl (C=O) groups is 2. The molecular formula is C20H16O9S2. The van der Waals surface area contributed by atoms with Gasteiger partial charge in [-0.3, -0.25) is 4.55 Å². The number of ether oxygens (including phenoxy) is 1. The van der Waals surface area contributed by atoms with Crippen molar-refractivity contribution < 1.29 is 39.9 Å². The summed E-state index contributed by atoms with van der Waals surface area (Å²) < 4.78 is 64.3. The van der Waals surface area contributed by atoms with Crippen LogP contribution in [-0.2, 0) is 38.7 Å². The average molecular weight is 464 g/mol. The first-order chi connectivity index (χ1) is 14.5. The molecule has 0 saturated carbocycles. The molecule has 0 bridgehead atoms. The van der Waals surface area contributed by atoms with Crippen LogP contribution in [0.2, 0.25) is 0 Å². The normalized spacial score (nSPS) is 12.7. The Kier molecular flexibility index (Phi) is 8.02. The van der Waals surface area contributed by atoms with Crippen molar-refractivity contribution in [3.05, 3.63) is 94.4 Å². The van der Waals surface area contributed by atoms with E-state index in [-0.39, 0.29) is 0 Å². The van der Waals surface area contributed by atoms with Crippen LogP contribution in [0.5, 0.6) is 0 Å². The molecule has 0 heterocycles. The van der Waals surface area contributed by atoms with Crippen LogP contribution in [0.25, 0.3) is 12.2 Å². The first-order valence-electron chi connectivity index (χ1n) is 8.41. The van der Waals surface area contributed by atoms with Crippen LogP contribution in [-0.4, -0.2) is 33.3 Å². The van der Waals surface area contributed by atoms with Crippen LogP contribution in [0.15, 0.2) is 83.3 Å². The maximum Gasteiger partial charge on any atom is 0.347 e.